The van der Waals surface area contributed by atoms with Crippen molar-refractivity contribution in [1.29, 1.82) is 0 Å². The largest absolute Gasteiger partial charge is 0.394 e. The van der Waals surface area contributed by atoms with Gasteiger partial charge in [0.05, 0.1) is 37.4 Å². The van der Waals surface area contributed by atoms with E-state index in [1.165, 1.54) is 128 Å². The van der Waals surface area contributed by atoms with Gasteiger partial charge < -0.3 is 113 Å². The normalized spacial score (nSPS) is 30.9. The number of amides is 3. The Morgan fingerprint density at radius 1 is 0.479 bits per heavy atom. The fourth-order valence-electron chi connectivity index (χ4n) is 12.8. The van der Waals surface area contributed by atoms with E-state index in [0.717, 1.165) is 51.4 Å². The van der Waals surface area contributed by atoms with Gasteiger partial charge in [0.25, 0.3) is 0 Å². The highest BCUT2D eigenvalue weighted by Crippen LogP contribution is 2.35. The van der Waals surface area contributed by atoms with Crippen LogP contribution in [0.5, 0.6) is 0 Å². The first-order valence-electron chi connectivity index (χ1n) is 36.5. The van der Waals surface area contributed by atoms with E-state index in [0.29, 0.717) is 32.5 Å². The number of aliphatic hydroxyl groups excluding tert-OH is 8. The Bertz CT molecular complexity index is 2020. The van der Waals surface area contributed by atoms with Crippen LogP contribution >= 0.6 is 0 Å². The number of carbonyl (C=O) groups is 3. The molecule has 0 bridgehead atoms. The van der Waals surface area contributed by atoms with Gasteiger partial charge in [0, 0.05) is 51.1 Å². The molecule has 0 aromatic rings. The number of ether oxygens (including phenoxy) is 6. The maximum Gasteiger partial charge on any atom is 0.237 e. The Labute approximate surface area is 561 Å². The molecule has 3 heterocycles. The van der Waals surface area contributed by atoms with Crippen molar-refractivity contribution in [1.82, 2.24) is 15.5 Å². The van der Waals surface area contributed by atoms with Crippen LogP contribution in [0.3, 0.4) is 0 Å². The summed E-state index contributed by atoms with van der Waals surface area (Å²) in [4.78, 5) is 41.8. The molecule has 4 aliphatic rings. The van der Waals surface area contributed by atoms with Crippen LogP contribution in [0, 0.1) is 0 Å². The van der Waals surface area contributed by atoms with E-state index in [4.69, 9.17) is 57.1 Å². The Hall–Kier alpha value is -2.87. The summed E-state index contributed by atoms with van der Waals surface area (Å²) >= 11 is 0. The zero-order valence-electron chi connectivity index (χ0n) is 57.2. The molecule has 0 aromatic heterocycles. The highest BCUT2D eigenvalue weighted by molar-refractivity contribution is 5.83. The minimum Gasteiger partial charge on any atom is -0.394 e. The van der Waals surface area contributed by atoms with Crippen LogP contribution in [0.4, 0.5) is 0 Å². The third-order valence-corrected chi connectivity index (χ3v) is 19.0. The second-order valence-corrected chi connectivity index (χ2v) is 26.9. The zero-order chi connectivity index (χ0) is 68.6. The number of rotatable bonds is 51. The number of nitrogens with one attached hydrogen (secondary N) is 2. The molecule has 548 valence electrons. The highest BCUT2D eigenvalue weighted by Gasteiger charge is 2.54. The van der Waals surface area contributed by atoms with Crippen molar-refractivity contribution < 1.29 is 83.7 Å². The Morgan fingerprint density at radius 2 is 0.915 bits per heavy atom. The summed E-state index contributed by atoms with van der Waals surface area (Å²) in [7, 11) is 0. The lowest BCUT2D eigenvalue weighted by atomic mass is 9.84. The Kier molecular flexibility index (Phi) is 43.4. The molecule has 4 rings (SSSR count). The monoisotopic (exact) mass is 1340 g/mol. The molecule has 0 aromatic carbocycles. The molecular weight excluding hydrogens is 1210 g/mol. The highest BCUT2D eigenvalue weighted by atomic mass is 16.8. The quantitative estimate of drug-likeness (QED) is 0.0305. The summed E-state index contributed by atoms with van der Waals surface area (Å²) in [6.45, 7) is 4.47. The summed E-state index contributed by atoms with van der Waals surface area (Å²) in [5.74, 6) is -0.786. The minimum atomic E-state index is -1.74. The third-order valence-electron chi connectivity index (χ3n) is 19.0. The standard InChI is InChI=1S/C69H130N8O17/c1-3-5-7-9-11-13-15-17-19-21-23-25-27-29-31-35-41-77(42-36-32-30-28-26-24-22-20-18-16-14-12-10-8-6-4-2)54(81)39-38-53(80)75-40-34-33-37-47(70)66(88)76-44-50-58(83)60(85)55(73)67(89-50)93-64-52(46-79)91-69(62(64)87)94-65-57(82)48(71)43-49(72)63(65)92-68-56(74)61(86)59(84)51(45-78)90-68/h17-20,47-52,55-65,67-69,78-79,82-87H,3-16,21-46,70-74H2,1-2H3,(H,75,80)(H,76,88)/b19-17-,20-18-/t47-,48+,49?,50?,51?,52+,55?,56?,57?,58+,59+,60?,61?,62?,63+,64?,65?,67+,68+,69-/m0/s1. The van der Waals surface area contributed by atoms with Crippen molar-refractivity contribution in [2.45, 2.75) is 354 Å². The molecule has 1 saturated carbocycles. The number of allylic oxidation sites excluding steroid dienone is 4. The molecule has 0 radical (unpaired) electrons. The fourth-order valence-corrected chi connectivity index (χ4v) is 12.8. The van der Waals surface area contributed by atoms with Crippen molar-refractivity contribution in [3.63, 3.8) is 0 Å². The van der Waals surface area contributed by atoms with Gasteiger partial charge in [-0.2, -0.15) is 0 Å². The predicted octanol–water partition coefficient (Wildman–Crippen LogP) is 3.59. The molecule has 4 fully saturated rings. The van der Waals surface area contributed by atoms with Crippen LogP contribution < -0.4 is 39.3 Å². The molecule has 3 saturated heterocycles. The summed E-state index contributed by atoms with van der Waals surface area (Å²) in [6, 6.07) is -5.62. The molecule has 0 spiro atoms. The topological polar surface area (TPSA) is 426 Å². The van der Waals surface area contributed by atoms with Crippen molar-refractivity contribution >= 4 is 17.7 Å². The molecule has 25 heteroatoms. The molecule has 25 nitrogen and oxygen atoms in total. The van der Waals surface area contributed by atoms with Gasteiger partial charge in [-0.25, -0.2) is 0 Å². The van der Waals surface area contributed by atoms with Gasteiger partial charge in [-0.3, -0.25) is 14.4 Å². The molecule has 11 unspecified atom stereocenters. The number of unbranched alkanes of at least 4 members (excludes halogenated alkanes) is 25. The van der Waals surface area contributed by atoms with Crippen molar-refractivity contribution in [2.24, 2.45) is 28.7 Å². The predicted molar refractivity (Wildman–Crippen MR) is 360 cm³/mol. The summed E-state index contributed by atoms with van der Waals surface area (Å²) in [5, 5.41) is 91.2. The van der Waals surface area contributed by atoms with E-state index in [9.17, 15) is 55.2 Å². The van der Waals surface area contributed by atoms with Crippen LogP contribution in [-0.4, -0.2) is 225 Å². The maximum atomic E-state index is 13.6. The lowest BCUT2D eigenvalue weighted by molar-refractivity contribution is -0.310. The Balaban J connectivity index is 1.17. The first kappa shape index (κ1) is 83.5. The van der Waals surface area contributed by atoms with Crippen LogP contribution in [0.15, 0.2) is 24.3 Å². The van der Waals surface area contributed by atoms with E-state index >= 15 is 0 Å². The average molecular weight is 1340 g/mol. The summed E-state index contributed by atoms with van der Waals surface area (Å²) < 4.78 is 35.5. The molecule has 20 atom stereocenters. The first-order valence-corrected chi connectivity index (χ1v) is 36.5. The fraction of sp³-hybridized carbons (Fsp3) is 0.899. The molecule has 3 aliphatic heterocycles. The first-order chi connectivity index (χ1) is 45.4. The number of hydrogen-bond acceptors (Lipinski definition) is 22. The van der Waals surface area contributed by atoms with E-state index in [1.807, 2.05) is 4.90 Å². The van der Waals surface area contributed by atoms with Crippen LogP contribution in [0.1, 0.15) is 232 Å². The van der Waals surface area contributed by atoms with Gasteiger partial charge in [-0.1, -0.05) is 154 Å². The van der Waals surface area contributed by atoms with Crippen molar-refractivity contribution in [2.75, 3.05) is 39.4 Å². The number of aliphatic hydroxyl groups is 8. The molecule has 20 N–H and O–H groups in total. The smallest absolute Gasteiger partial charge is 0.237 e. The van der Waals surface area contributed by atoms with Gasteiger partial charge in [0.1, 0.15) is 67.1 Å². The number of nitrogens with zero attached hydrogens (tertiary/aromatic N) is 1. The van der Waals surface area contributed by atoms with Crippen LogP contribution in [0.2, 0.25) is 0 Å². The molecule has 3 amide bonds. The maximum absolute atomic E-state index is 13.6. The molecule has 1 aliphatic carbocycles. The molecular formula is C69H130N8O17. The van der Waals surface area contributed by atoms with E-state index in [1.54, 1.807) is 0 Å². The lowest BCUT2D eigenvalue weighted by Crippen LogP contribution is -2.68. The number of nitrogens with two attached hydrogens (primary N) is 5. The van der Waals surface area contributed by atoms with Crippen molar-refractivity contribution in [3.8, 4) is 0 Å². The van der Waals surface area contributed by atoms with Crippen LogP contribution in [-0.2, 0) is 42.8 Å². The van der Waals surface area contributed by atoms with Crippen molar-refractivity contribution in [3.05, 3.63) is 24.3 Å². The van der Waals surface area contributed by atoms with Gasteiger partial charge in [-0.05, 0) is 89.9 Å². The van der Waals surface area contributed by atoms with Crippen LogP contribution in [0.25, 0.3) is 0 Å². The second-order valence-electron chi connectivity index (χ2n) is 26.9. The lowest BCUT2D eigenvalue weighted by Gasteiger charge is -2.47. The third kappa shape index (κ3) is 30.3. The van der Waals surface area contributed by atoms with Gasteiger partial charge in [0.15, 0.2) is 18.9 Å². The zero-order valence-corrected chi connectivity index (χ0v) is 57.2. The van der Waals surface area contributed by atoms with Gasteiger partial charge >= 0.3 is 0 Å². The minimum absolute atomic E-state index is 0.0102. The molecule has 94 heavy (non-hydrogen) atoms. The van der Waals surface area contributed by atoms with E-state index in [2.05, 4.69) is 48.8 Å². The van der Waals surface area contributed by atoms with Gasteiger partial charge in [-0.15, -0.1) is 0 Å². The van der Waals surface area contributed by atoms with Gasteiger partial charge in [0.2, 0.25) is 17.7 Å². The number of carbonyl (C=O) groups excluding carboxylic acids is 3. The van der Waals surface area contributed by atoms with E-state index in [-0.39, 0.29) is 44.0 Å². The Morgan fingerprint density at radius 3 is 1.41 bits per heavy atom. The summed E-state index contributed by atoms with van der Waals surface area (Å²) in [6.07, 6.45) is 22.8. The number of hydrogen-bond donors (Lipinski definition) is 15. The second kappa shape index (κ2) is 48.8. The summed E-state index contributed by atoms with van der Waals surface area (Å²) in [5.41, 5.74) is 31.2. The SMILES string of the molecule is CCCCCCCC/C=C\CCCCCCCCN(CCCCCCCC/C=C\CCCCCCCC)C(=O)CCC(=O)NCCCC[C@H](N)C(=O)NCC1O[C@H](OC2C(O)[C@H](OC3C(O)[C@H](N)CC(N)[C@H]3O[C@H]3OC(CO)[C@@H](O)C(O)C3N)O[C@@H]2CO)C(N)C(O)[C@@H]1O. The van der Waals surface area contributed by atoms with E-state index < -0.39 is 141 Å². The average Bonchev–Trinajstić information content (AvgIpc) is 1.36.